The maximum absolute atomic E-state index is 10.2. The van der Waals surface area contributed by atoms with Crippen LogP contribution in [0.3, 0.4) is 0 Å². The molecule has 0 aliphatic carbocycles. The summed E-state index contributed by atoms with van der Waals surface area (Å²) in [6.07, 6.45) is 1.27. The smallest absolute Gasteiger partial charge is 0.117 e. The third-order valence-electron chi connectivity index (χ3n) is 3.70. The van der Waals surface area contributed by atoms with E-state index < -0.39 is 18.3 Å². The van der Waals surface area contributed by atoms with Crippen LogP contribution >= 0.6 is 0 Å². The topological polar surface area (TPSA) is 38.7 Å². The predicted octanol–water partition coefficient (Wildman–Crippen LogP) is 3.89. The van der Waals surface area contributed by atoms with E-state index in [-0.39, 0.29) is 0 Å². The Morgan fingerprint density at radius 1 is 0.792 bits per heavy atom. The highest BCUT2D eigenvalue weighted by Crippen LogP contribution is 2.16. The van der Waals surface area contributed by atoms with Gasteiger partial charge in [-0.3, -0.25) is 0 Å². The first-order valence-electron chi connectivity index (χ1n) is 7.99. The van der Waals surface area contributed by atoms with E-state index in [1.54, 1.807) is 6.08 Å². The lowest BCUT2D eigenvalue weighted by atomic mass is 10.1. The average Bonchev–Trinajstić information content (AvgIpc) is 2.65. The molecule has 2 aromatic carbocycles. The van der Waals surface area contributed by atoms with Gasteiger partial charge < -0.3 is 14.6 Å². The van der Waals surface area contributed by atoms with Crippen molar-refractivity contribution in [1.82, 2.24) is 0 Å². The SMILES string of the molecule is C=C[C@@H](O)[C@H](OCc1ccccc1)[C@H](C=C)OCc1ccccc1. The highest BCUT2D eigenvalue weighted by Gasteiger charge is 2.26. The zero-order valence-electron chi connectivity index (χ0n) is 13.8. The van der Waals surface area contributed by atoms with Crippen molar-refractivity contribution in [3.8, 4) is 0 Å². The molecule has 0 spiro atoms. The average molecular weight is 324 g/mol. The van der Waals surface area contributed by atoms with Crippen LogP contribution in [0.15, 0.2) is 86.0 Å². The molecule has 3 heteroatoms. The van der Waals surface area contributed by atoms with Crippen LogP contribution in [0.5, 0.6) is 0 Å². The van der Waals surface area contributed by atoms with Gasteiger partial charge in [0.15, 0.2) is 0 Å². The van der Waals surface area contributed by atoms with E-state index in [2.05, 4.69) is 13.2 Å². The van der Waals surface area contributed by atoms with Crippen molar-refractivity contribution < 1.29 is 14.6 Å². The second-order valence-corrected chi connectivity index (χ2v) is 5.48. The molecule has 0 heterocycles. The summed E-state index contributed by atoms with van der Waals surface area (Å²) in [6, 6.07) is 19.7. The van der Waals surface area contributed by atoms with Crippen molar-refractivity contribution in [2.24, 2.45) is 0 Å². The first-order valence-corrected chi connectivity index (χ1v) is 7.99. The molecule has 0 bridgehead atoms. The molecule has 2 rings (SSSR count). The lowest BCUT2D eigenvalue weighted by Crippen LogP contribution is -2.39. The Labute approximate surface area is 143 Å². The molecule has 0 unspecified atom stereocenters. The van der Waals surface area contributed by atoms with Gasteiger partial charge in [0.25, 0.3) is 0 Å². The highest BCUT2D eigenvalue weighted by molar-refractivity contribution is 5.14. The summed E-state index contributed by atoms with van der Waals surface area (Å²) in [5.41, 5.74) is 2.09. The molecule has 3 atom stereocenters. The first kappa shape index (κ1) is 18.1. The zero-order chi connectivity index (χ0) is 17.2. The number of hydrogen-bond acceptors (Lipinski definition) is 3. The molecule has 2 aromatic rings. The second kappa shape index (κ2) is 9.83. The fourth-order valence-corrected chi connectivity index (χ4v) is 2.35. The Morgan fingerprint density at radius 2 is 1.29 bits per heavy atom. The number of ether oxygens (including phenoxy) is 2. The molecule has 0 aliphatic heterocycles. The summed E-state index contributed by atoms with van der Waals surface area (Å²) in [6.45, 7) is 8.27. The van der Waals surface area contributed by atoms with Gasteiger partial charge in [0.2, 0.25) is 0 Å². The van der Waals surface area contributed by atoms with Crippen LogP contribution in [-0.4, -0.2) is 23.4 Å². The summed E-state index contributed by atoms with van der Waals surface area (Å²) in [7, 11) is 0. The second-order valence-electron chi connectivity index (χ2n) is 5.48. The molecule has 126 valence electrons. The summed E-state index contributed by atoms with van der Waals surface area (Å²) in [4.78, 5) is 0. The van der Waals surface area contributed by atoms with Crippen LogP contribution in [-0.2, 0) is 22.7 Å². The van der Waals surface area contributed by atoms with Gasteiger partial charge in [-0.25, -0.2) is 0 Å². The van der Waals surface area contributed by atoms with Gasteiger partial charge in [-0.05, 0) is 11.1 Å². The third kappa shape index (κ3) is 5.46. The van der Waals surface area contributed by atoms with E-state index in [0.29, 0.717) is 13.2 Å². The van der Waals surface area contributed by atoms with Crippen molar-refractivity contribution in [2.75, 3.05) is 0 Å². The van der Waals surface area contributed by atoms with Crippen LogP contribution in [0.2, 0.25) is 0 Å². The minimum atomic E-state index is -0.840. The first-order chi connectivity index (χ1) is 11.7. The molecule has 0 saturated carbocycles. The largest absolute Gasteiger partial charge is 0.386 e. The standard InChI is InChI=1S/C21H24O3/c1-3-19(22)21(24-16-18-13-9-6-10-14-18)20(4-2)23-15-17-11-7-5-8-12-17/h3-14,19-22H,1-2,15-16H2/t19-,20+,21+/m1/s1. The molecule has 24 heavy (non-hydrogen) atoms. The quantitative estimate of drug-likeness (QED) is 0.674. The van der Waals surface area contributed by atoms with Crippen LogP contribution in [0.1, 0.15) is 11.1 Å². The molecule has 1 N–H and O–H groups in total. The van der Waals surface area contributed by atoms with Gasteiger partial charge in [-0.15, -0.1) is 13.2 Å². The monoisotopic (exact) mass is 324 g/mol. The summed E-state index contributed by atoms with van der Waals surface area (Å²) < 4.78 is 11.8. The lowest BCUT2D eigenvalue weighted by Gasteiger charge is -2.28. The van der Waals surface area contributed by atoms with E-state index in [1.165, 1.54) is 6.08 Å². The molecule has 0 radical (unpaired) electrons. The molecule has 0 aliphatic rings. The highest BCUT2D eigenvalue weighted by atomic mass is 16.5. The summed E-state index contributed by atoms with van der Waals surface area (Å²) in [5, 5.41) is 10.2. The van der Waals surface area contributed by atoms with E-state index >= 15 is 0 Å². The van der Waals surface area contributed by atoms with Crippen molar-refractivity contribution in [2.45, 2.75) is 31.5 Å². The lowest BCUT2D eigenvalue weighted by molar-refractivity contribution is -0.103. The Kier molecular flexibility index (Phi) is 7.43. The van der Waals surface area contributed by atoms with Crippen molar-refractivity contribution in [3.63, 3.8) is 0 Å². The van der Waals surface area contributed by atoms with Gasteiger partial charge in [0.05, 0.1) is 13.2 Å². The van der Waals surface area contributed by atoms with Crippen molar-refractivity contribution >= 4 is 0 Å². The fourth-order valence-electron chi connectivity index (χ4n) is 2.35. The molecular formula is C21H24O3. The molecule has 3 nitrogen and oxygen atoms in total. The van der Waals surface area contributed by atoms with Gasteiger partial charge in [0, 0.05) is 0 Å². The third-order valence-corrected chi connectivity index (χ3v) is 3.70. The normalized spacial score (nSPS) is 14.5. The number of aliphatic hydroxyl groups is 1. The van der Waals surface area contributed by atoms with Crippen LogP contribution < -0.4 is 0 Å². The predicted molar refractivity (Wildman–Crippen MR) is 96.4 cm³/mol. The zero-order valence-corrected chi connectivity index (χ0v) is 13.8. The van der Waals surface area contributed by atoms with Crippen LogP contribution in [0.4, 0.5) is 0 Å². The Bertz CT molecular complexity index is 609. The molecule has 0 aromatic heterocycles. The van der Waals surface area contributed by atoms with E-state index in [4.69, 9.17) is 9.47 Å². The summed E-state index contributed by atoms with van der Waals surface area (Å²) >= 11 is 0. The Morgan fingerprint density at radius 3 is 1.75 bits per heavy atom. The van der Waals surface area contributed by atoms with Crippen molar-refractivity contribution in [3.05, 3.63) is 97.1 Å². The number of hydrogen-bond donors (Lipinski definition) is 1. The fraction of sp³-hybridized carbons (Fsp3) is 0.238. The molecular weight excluding hydrogens is 300 g/mol. The maximum Gasteiger partial charge on any atom is 0.117 e. The Hall–Kier alpha value is -2.20. The van der Waals surface area contributed by atoms with Crippen LogP contribution in [0.25, 0.3) is 0 Å². The van der Waals surface area contributed by atoms with Crippen molar-refractivity contribution in [1.29, 1.82) is 0 Å². The summed E-state index contributed by atoms with van der Waals surface area (Å²) in [5.74, 6) is 0. The molecule has 0 amide bonds. The number of benzene rings is 2. The van der Waals surface area contributed by atoms with Gasteiger partial charge >= 0.3 is 0 Å². The maximum atomic E-state index is 10.2. The Balaban J connectivity index is 2.00. The minimum Gasteiger partial charge on any atom is -0.386 e. The number of rotatable bonds is 10. The van der Waals surface area contributed by atoms with Gasteiger partial charge in [-0.2, -0.15) is 0 Å². The van der Waals surface area contributed by atoms with E-state index in [1.807, 2.05) is 60.7 Å². The van der Waals surface area contributed by atoms with Gasteiger partial charge in [-0.1, -0.05) is 72.8 Å². The van der Waals surface area contributed by atoms with Gasteiger partial charge in [0.1, 0.15) is 18.3 Å². The molecule has 0 fully saturated rings. The number of aliphatic hydroxyl groups excluding tert-OH is 1. The minimum absolute atomic E-state index is 0.384. The van der Waals surface area contributed by atoms with E-state index in [0.717, 1.165) is 11.1 Å². The van der Waals surface area contributed by atoms with E-state index in [9.17, 15) is 5.11 Å². The van der Waals surface area contributed by atoms with Crippen LogP contribution in [0, 0.1) is 0 Å². The molecule has 0 saturated heterocycles.